The van der Waals surface area contributed by atoms with Crippen molar-refractivity contribution in [3.8, 4) is 0 Å². The molecule has 0 unspecified atom stereocenters. The standard InChI is InChI=1S/C14H21NO/c1-4-14(5-2,10-15)13(16)12-9-7-6-8-11(12)3/h6-9H,4-5,10,15H2,1-3H3. The summed E-state index contributed by atoms with van der Waals surface area (Å²) in [6, 6.07) is 7.73. The molecule has 1 rings (SSSR count). The molecule has 0 amide bonds. The molecule has 16 heavy (non-hydrogen) atoms. The highest BCUT2D eigenvalue weighted by Gasteiger charge is 2.34. The monoisotopic (exact) mass is 219 g/mol. The molecule has 0 aliphatic rings. The molecule has 0 saturated carbocycles. The molecule has 0 aliphatic carbocycles. The van der Waals surface area contributed by atoms with Crippen LogP contribution < -0.4 is 5.73 Å². The van der Waals surface area contributed by atoms with Crippen LogP contribution in [0.1, 0.15) is 42.6 Å². The van der Waals surface area contributed by atoms with Crippen LogP contribution in [-0.2, 0) is 0 Å². The summed E-state index contributed by atoms with van der Waals surface area (Å²) in [4.78, 5) is 12.5. The van der Waals surface area contributed by atoms with Crippen molar-refractivity contribution in [3.05, 3.63) is 35.4 Å². The SMILES string of the molecule is CCC(CC)(CN)C(=O)c1ccccc1C. The zero-order valence-corrected chi connectivity index (χ0v) is 10.4. The fourth-order valence-electron chi connectivity index (χ4n) is 2.07. The molecule has 0 bridgehead atoms. The first-order valence-electron chi connectivity index (χ1n) is 5.91. The van der Waals surface area contributed by atoms with Crippen LogP contribution in [0.25, 0.3) is 0 Å². The van der Waals surface area contributed by atoms with E-state index in [1.807, 2.05) is 45.0 Å². The van der Waals surface area contributed by atoms with Gasteiger partial charge >= 0.3 is 0 Å². The Morgan fingerprint density at radius 2 is 1.81 bits per heavy atom. The first kappa shape index (κ1) is 12.9. The number of Topliss-reactive ketones (excluding diaryl/α,β-unsaturated/α-hetero) is 1. The minimum atomic E-state index is -0.383. The second-order valence-electron chi connectivity index (χ2n) is 4.34. The van der Waals surface area contributed by atoms with E-state index < -0.39 is 0 Å². The summed E-state index contributed by atoms with van der Waals surface area (Å²) in [6.07, 6.45) is 1.60. The number of aryl methyl sites for hydroxylation is 1. The Bertz CT molecular complexity index is 358. The Morgan fingerprint density at radius 1 is 1.25 bits per heavy atom. The summed E-state index contributed by atoms with van der Waals surface area (Å²) in [5.74, 6) is 0.193. The molecule has 0 radical (unpaired) electrons. The van der Waals surface area contributed by atoms with Crippen molar-refractivity contribution in [3.63, 3.8) is 0 Å². The van der Waals surface area contributed by atoms with Gasteiger partial charge in [0.25, 0.3) is 0 Å². The normalized spacial score (nSPS) is 11.5. The minimum absolute atomic E-state index is 0.193. The van der Waals surface area contributed by atoms with E-state index in [2.05, 4.69) is 0 Å². The number of hydrogen-bond donors (Lipinski definition) is 1. The van der Waals surface area contributed by atoms with Gasteiger partial charge in [-0.2, -0.15) is 0 Å². The highest BCUT2D eigenvalue weighted by atomic mass is 16.1. The van der Waals surface area contributed by atoms with Gasteiger partial charge in [0.05, 0.1) is 0 Å². The van der Waals surface area contributed by atoms with Gasteiger partial charge in [0.1, 0.15) is 0 Å². The number of nitrogens with two attached hydrogens (primary N) is 1. The third-order valence-electron chi connectivity index (χ3n) is 3.62. The zero-order valence-electron chi connectivity index (χ0n) is 10.4. The van der Waals surface area contributed by atoms with Gasteiger partial charge in [-0.05, 0) is 25.3 Å². The summed E-state index contributed by atoms with van der Waals surface area (Å²) >= 11 is 0. The third kappa shape index (κ3) is 2.17. The quantitative estimate of drug-likeness (QED) is 0.774. The van der Waals surface area contributed by atoms with Crippen molar-refractivity contribution in [2.75, 3.05) is 6.54 Å². The second kappa shape index (κ2) is 5.26. The van der Waals surface area contributed by atoms with Crippen molar-refractivity contribution < 1.29 is 4.79 Å². The zero-order chi connectivity index (χ0) is 12.2. The van der Waals surface area contributed by atoms with Crippen LogP contribution in [0, 0.1) is 12.3 Å². The largest absolute Gasteiger partial charge is 0.329 e. The van der Waals surface area contributed by atoms with Gasteiger partial charge < -0.3 is 5.73 Å². The lowest BCUT2D eigenvalue weighted by Gasteiger charge is -2.29. The van der Waals surface area contributed by atoms with Crippen LogP contribution in [0.2, 0.25) is 0 Å². The van der Waals surface area contributed by atoms with E-state index in [0.29, 0.717) is 6.54 Å². The Labute approximate surface area is 97.9 Å². The van der Waals surface area contributed by atoms with Gasteiger partial charge in [0, 0.05) is 17.5 Å². The lowest BCUT2D eigenvalue weighted by Crippen LogP contribution is -2.38. The van der Waals surface area contributed by atoms with Crippen LogP contribution in [0.4, 0.5) is 0 Å². The van der Waals surface area contributed by atoms with Gasteiger partial charge in [0.15, 0.2) is 5.78 Å². The van der Waals surface area contributed by atoms with Crippen LogP contribution in [0.5, 0.6) is 0 Å². The van der Waals surface area contributed by atoms with Crippen molar-refractivity contribution in [2.24, 2.45) is 11.1 Å². The molecule has 1 aromatic rings. The fourth-order valence-corrected chi connectivity index (χ4v) is 2.07. The molecule has 88 valence electrons. The van der Waals surface area contributed by atoms with E-state index in [9.17, 15) is 4.79 Å². The second-order valence-corrected chi connectivity index (χ2v) is 4.34. The number of carbonyl (C=O) groups is 1. The summed E-state index contributed by atoms with van der Waals surface area (Å²) < 4.78 is 0. The van der Waals surface area contributed by atoms with Crippen LogP contribution in [0.15, 0.2) is 24.3 Å². The third-order valence-corrected chi connectivity index (χ3v) is 3.62. The number of carbonyl (C=O) groups excluding carboxylic acids is 1. The van der Waals surface area contributed by atoms with E-state index in [4.69, 9.17) is 5.73 Å². The highest BCUT2D eigenvalue weighted by molar-refractivity contribution is 6.01. The summed E-state index contributed by atoms with van der Waals surface area (Å²) in [6.45, 7) is 6.46. The molecule has 2 nitrogen and oxygen atoms in total. The topological polar surface area (TPSA) is 43.1 Å². The minimum Gasteiger partial charge on any atom is -0.329 e. The van der Waals surface area contributed by atoms with Crippen molar-refractivity contribution >= 4 is 5.78 Å². The van der Waals surface area contributed by atoms with E-state index in [1.165, 1.54) is 0 Å². The maximum atomic E-state index is 12.5. The lowest BCUT2D eigenvalue weighted by molar-refractivity contribution is 0.0786. The number of hydrogen-bond acceptors (Lipinski definition) is 2. The Kier molecular flexibility index (Phi) is 4.25. The average Bonchev–Trinajstić information content (AvgIpc) is 2.32. The fraction of sp³-hybridized carbons (Fsp3) is 0.500. The van der Waals surface area contributed by atoms with Crippen LogP contribution >= 0.6 is 0 Å². The van der Waals surface area contributed by atoms with E-state index in [0.717, 1.165) is 24.0 Å². The first-order chi connectivity index (χ1) is 7.61. The molecular formula is C14H21NO. The molecule has 2 N–H and O–H groups in total. The van der Waals surface area contributed by atoms with Crippen LogP contribution in [-0.4, -0.2) is 12.3 Å². The summed E-state index contributed by atoms with van der Waals surface area (Å²) in [7, 11) is 0. The van der Waals surface area contributed by atoms with Crippen LogP contribution in [0.3, 0.4) is 0 Å². The number of ketones is 1. The molecule has 0 aromatic heterocycles. The molecule has 0 heterocycles. The molecule has 0 aliphatic heterocycles. The number of benzene rings is 1. The molecule has 0 spiro atoms. The first-order valence-corrected chi connectivity index (χ1v) is 5.91. The van der Waals surface area contributed by atoms with Gasteiger partial charge in [-0.3, -0.25) is 4.79 Å². The predicted octanol–water partition coefficient (Wildman–Crippen LogP) is 2.94. The molecule has 1 aromatic carbocycles. The summed E-state index contributed by atoms with van der Waals surface area (Å²) in [5, 5.41) is 0. The van der Waals surface area contributed by atoms with E-state index >= 15 is 0 Å². The Morgan fingerprint density at radius 3 is 2.25 bits per heavy atom. The Balaban J connectivity index is 3.14. The van der Waals surface area contributed by atoms with Crippen molar-refractivity contribution in [1.82, 2.24) is 0 Å². The molecule has 0 fully saturated rings. The predicted molar refractivity (Wildman–Crippen MR) is 67.6 cm³/mol. The molecule has 0 atom stereocenters. The lowest BCUT2D eigenvalue weighted by atomic mass is 9.75. The van der Waals surface area contributed by atoms with Gasteiger partial charge in [-0.1, -0.05) is 38.1 Å². The van der Waals surface area contributed by atoms with Crippen molar-refractivity contribution in [2.45, 2.75) is 33.6 Å². The maximum Gasteiger partial charge on any atom is 0.170 e. The van der Waals surface area contributed by atoms with Crippen molar-refractivity contribution in [1.29, 1.82) is 0 Å². The van der Waals surface area contributed by atoms with Gasteiger partial charge in [-0.15, -0.1) is 0 Å². The highest BCUT2D eigenvalue weighted by Crippen LogP contribution is 2.30. The van der Waals surface area contributed by atoms with E-state index in [-0.39, 0.29) is 11.2 Å². The Hall–Kier alpha value is -1.15. The van der Waals surface area contributed by atoms with Gasteiger partial charge in [-0.25, -0.2) is 0 Å². The maximum absolute atomic E-state index is 12.5. The molecule has 2 heteroatoms. The summed E-state index contributed by atoms with van der Waals surface area (Å²) in [5.41, 5.74) is 7.26. The number of rotatable bonds is 5. The molecule has 0 saturated heterocycles. The smallest absolute Gasteiger partial charge is 0.170 e. The molecular weight excluding hydrogens is 198 g/mol. The van der Waals surface area contributed by atoms with Gasteiger partial charge in [0.2, 0.25) is 0 Å². The van der Waals surface area contributed by atoms with E-state index in [1.54, 1.807) is 0 Å². The average molecular weight is 219 g/mol.